The maximum Gasteiger partial charge on any atom is 0.227 e. The summed E-state index contributed by atoms with van der Waals surface area (Å²) in [5, 5.41) is 21.2. The van der Waals surface area contributed by atoms with E-state index >= 15 is 0 Å². The van der Waals surface area contributed by atoms with Crippen LogP contribution in [0, 0.1) is 23.7 Å². The number of carbonyl (C=O) groups excluding carboxylic acids is 1. The van der Waals surface area contributed by atoms with Crippen molar-refractivity contribution in [3.63, 3.8) is 0 Å². The SMILES string of the molecule is CC(C)[C@@H]1CC[C@@H](C)C[C@H]1C(=O)Nc1ccc(N(O)O)cc1Cl. The molecule has 1 aliphatic carbocycles. The van der Waals surface area contributed by atoms with Gasteiger partial charge in [0.05, 0.1) is 16.4 Å². The van der Waals surface area contributed by atoms with E-state index in [2.05, 4.69) is 26.1 Å². The Bertz CT molecular complexity index is 563. The molecule has 6 heteroatoms. The summed E-state index contributed by atoms with van der Waals surface area (Å²) in [7, 11) is 0. The number of anilines is 2. The minimum atomic E-state index is -0.0123. The van der Waals surface area contributed by atoms with E-state index in [-0.39, 0.29) is 27.8 Å². The second-order valence-electron chi connectivity index (χ2n) is 6.88. The lowest BCUT2D eigenvalue weighted by molar-refractivity contribution is -0.123. The van der Waals surface area contributed by atoms with Crippen molar-refractivity contribution in [3.05, 3.63) is 23.2 Å². The summed E-state index contributed by atoms with van der Waals surface area (Å²) >= 11 is 6.12. The monoisotopic (exact) mass is 340 g/mol. The molecule has 3 atom stereocenters. The van der Waals surface area contributed by atoms with Gasteiger partial charge in [-0.05, 0) is 48.8 Å². The van der Waals surface area contributed by atoms with Crippen LogP contribution in [0.3, 0.4) is 0 Å². The van der Waals surface area contributed by atoms with E-state index in [1.165, 1.54) is 18.6 Å². The Morgan fingerprint density at radius 1 is 1.35 bits per heavy atom. The molecule has 0 aliphatic heterocycles. The second kappa shape index (κ2) is 7.51. The van der Waals surface area contributed by atoms with Crippen molar-refractivity contribution in [2.75, 3.05) is 10.5 Å². The zero-order valence-corrected chi connectivity index (χ0v) is 14.5. The van der Waals surface area contributed by atoms with E-state index in [4.69, 9.17) is 22.0 Å². The van der Waals surface area contributed by atoms with E-state index in [9.17, 15) is 4.79 Å². The fraction of sp³-hybridized carbons (Fsp3) is 0.588. The quantitative estimate of drug-likeness (QED) is 0.702. The average molecular weight is 341 g/mol. The van der Waals surface area contributed by atoms with Gasteiger partial charge in [-0.3, -0.25) is 15.2 Å². The number of hydrogen-bond acceptors (Lipinski definition) is 4. The lowest BCUT2D eigenvalue weighted by Crippen LogP contribution is -2.36. The standard InChI is InChI=1S/C17H25ClN2O3/c1-10(2)13-6-4-11(3)8-14(13)17(21)19-16-7-5-12(20(22)23)9-15(16)18/h5,7,9-11,13-14,22-23H,4,6,8H2,1-3H3,(H,19,21)/t11-,13+,14-/m1/s1. The highest BCUT2D eigenvalue weighted by molar-refractivity contribution is 6.34. The summed E-state index contributed by atoms with van der Waals surface area (Å²) in [4.78, 5) is 12.7. The zero-order valence-electron chi connectivity index (χ0n) is 13.8. The van der Waals surface area contributed by atoms with Crippen LogP contribution in [-0.2, 0) is 4.79 Å². The molecule has 1 aromatic rings. The topological polar surface area (TPSA) is 72.8 Å². The molecule has 0 spiro atoms. The van der Waals surface area contributed by atoms with Gasteiger partial charge in [-0.15, -0.1) is 5.23 Å². The summed E-state index contributed by atoms with van der Waals surface area (Å²) in [5.41, 5.74) is 0.627. The highest BCUT2D eigenvalue weighted by Gasteiger charge is 2.35. The Hall–Kier alpha value is -1.30. The minimum Gasteiger partial charge on any atom is -0.325 e. The van der Waals surface area contributed by atoms with E-state index in [0.29, 0.717) is 23.4 Å². The molecule has 0 unspecified atom stereocenters. The largest absolute Gasteiger partial charge is 0.325 e. The second-order valence-corrected chi connectivity index (χ2v) is 7.28. The molecule has 0 aromatic heterocycles. The van der Waals surface area contributed by atoms with Crippen molar-refractivity contribution in [1.29, 1.82) is 0 Å². The van der Waals surface area contributed by atoms with Crippen LogP contribution in [-0.4, -0.2) is 16.3 Å². The van der Waals surface area contributed by atoms with E-state index in [1.807, 2.05) is 0 Å². The number of hydrogen-bond donors (Lipinski definition) is 3. The summed E-state index contributed by atoms with van der Waals surface area (Å²) in [6.07, 6.45) is 3.14. The summed E-state index contributed by atoms with van der Waals surface area (Å²) in [5.74, 6) is 1.38. The van der Waals surface area contributed by atoms with Crippen LogP contribution in [0.4, 0.5) is 11.4 Å². The van der Waals surface area contributed by atoms with E-state index in [0.717, 1.165) is 12.8 Å². The molecular weight excluding hydrogens is 316 g/mol. The third kappa shape index (κ3) is 4.37. The van der Waals surface area contributed by atoms with Crippen LogP contribution in [0.2, 0.25) is 5.02 Å². The number of carbonyl (C=O) groups is 1. The number of benzene rings is 1. The van der Waals surface area contributed by atoms with Gasteiger partial charge in [0, 0.05) is 5.92 Å². The van der Waals surface area contributed by atoms with Crippen molar-refractivity contribution < 1.29 is 15.2 Å². The van der Waals surface area contributed by atoms with Gasteiger partial charge in [0.1, 0.15) is 0 Å². The highest BCUT2D eigenvalue weighted by atomic mass is 35.5. The Morgan fingerprint density at radius 3 is 2.61 bits per heavy atom. The van der Waals surface area contributed by atoms with Gasteiger partial charge in [-0.1, -0.05) is 38.8 Å². The first-order valence-corrected chi connectivity index (χ1v) is 8.45. The minimum absolute atomic E-state index is 0.00486. The lowest BCUT2D eigenvalue weighted by atomic mass is 9.70. The first kappa shape index (κ1) is 18.0. The summed E-state index contributed by atoms with van der Waals surface area (Å²) < 4.78 is 0. The molecule has 1 fully saturated rings. The molecule has 1 aromatic carbocycles. The number of amides is 1. The van der Waals surface area contributed by atoms with E-state index < -0.39 is 0 Å². The molecule has 5 nitrogen and oxygen atoms in total. The fourth-order valence-corrected chi connectivity index (χ4v) is 3.68. The molecule has 1 aliphatic rings. The van der Waals surface area contributed by atoms with Gasteiger partial charge in [0.15, 0.2) is 0 Å². The Balaban J connectivity index is 2.13. The number of rotatable bonds is 4. The van der Waals surface area contributed by atoms with Crippen LogP contribution in [0.1, 0.15) is 40.0 Å². The molecule has 0 saturated heterocycles. The Morgan fingerprint density at radius 2 is 2.04 bits per heavy atom. The van der Waals surface area contributed by atoms with Crippen molar-refractivity contribution >= 4 is 28.9 Å². The first-order chi connectivity index (χ1) is 10.8. The smallest absolute Gasteiger partial charge is 0.227 e. The average Bonchev–Trinajstić information content (AvgIpc) is 2.48. The van der Waals surface area contributed by atoms with Gasteiger partial charge in [0.2, 0.25) is 5.91 Å². The van der Waals surface area contributed by atoms with Crippen LogP contribution < -0.4 is 10.5 Å². The van der Waals surface area contributed by atoms with E-state index in [1.54, 1.807) is 6.07 Å². The molecule has 1 saturated carbocycles. The van der Waals surface area contributed by atoms with Crippen LogP contribution in [0.15, 0.2) is 18.2 Å². The van der Waals surface area contributed by atoms with Gasteiger partial charge in [0.25, 0.3) is 0 Å². The van der Waals surface area contributed by atoms with Crippen molar-refractivity contribution in [2.45, 2.75) is 40.0 Å². The molecule has 0 bridgehead atoms. The van der Waals surface area contributed by atoms with Gasteiger partial charge < -0.3 is 5.32 Å². The number of halogens is 1. The molecular formula is C17H25ClN2O3. The lowest BCUT2D eigenvalue weighted by Gasteiger charge is -2.36. The normalized spacial score (nSPS) is 24.6. The summed E-state index contributed by atoms with van der Waals surface area (Å²) in [6.45, 7) is 6.52. The number of nitrogens with one attached hydrogen (secondary N) is 1. The van der Waals surface area contributed by atoms with Crippen LogP contribution >= 0.6 is 11.6 Å². The maximum absolute atomic E-state index is 12.7. The van der Waals surface area contributed by atoms with Gasteiger partial charge in [-0.25, -0.2) is 0 Å². The molecule has 1 amide bonds. The first-order valence-electron chi connectivity index (χ1n) is 8.08. The Kier molecular flexibility index (Phi) is 5.89. The fourth-order valence-electron chi connectivity index (χ4n) is 3.46. The van der Waals surface area contributed by atoms with Crippen molar-refractivity contribution in [2.24, 2.45) is 23.7 Å². The third-order valence-electron chi connectivity index (χ3n) is 4.80. The van der Waals surface area contributed by atoms with Crippen molar-refractivity contribution in [1.82, 2.24) is 0 Å². The predicted octanol–water partition coefficient (Wildman–Crippen LogP) is 4.57. The number of nitrogens with zero attached hydrogens (tertiary/aromatic N) is 1. The predicted molar refractivity (Wildman–Crippen MR) is 91.0 cm³/mol. The molecule has 0 radical (unpaired) electrons. The molecule has 0 heterocycles. The third-order valence-corrected chi connectivity index (χ3v) is 5.11. The molecule has 128 valence electrons. The van der Waals surface area contributed by atoms with Crippen molar-refractivity contribution in [3.8, 4) is 0 Å². The maximum atomic E-state index is 12.7. The molecule has 23 heavy (non-hydrogen) atoms. The molecule has 2 rings (SSSR count). The van der Waals surface area contributed by atoms with Gasteiger partial charge in [-0.2, -0.15) is 0 Å². The van der Waals surface area contributed by atoms with Crippen LogP contribution in [0.5, 0.6) is 0 Å². The molecule has 3 N–H and O–H groups in total. The van der Waals surface area contributed by atoms with Gasteiger partial charge >= 0.3 is 0 Å². The summed E-state index contributed by atoms with van der Waals surface area (Å²) in [6, 6.07) is 4.44. The Labute approximate surface area is 142 Å². The van der Waals surface area contributed by atoms with Crippen LogP contribution in [0.25, 0.3) is 0 Å². The zero-order chi connectivity index (χ0) is 17.1. The highest BCUT2D eigenvalue weighted by Crippen LogP contribution is 2.39.